The van der Waals surface area contributed by atoms with Gasteiger partial charge in [0.25, 0.3) is 0 Å². The topological polar surface area (TPSA) is 46.9 Å². The molecule has 1 aromatic rings. The molecule has 78 valence electrons. The highest BCUT2D eigenvalue weighted by atomic mass is 16.1. The number of rotatable bonds is 4. The standard InChI is InChI=1S/C10H17N3O/c1-5-12-10(2,3)8(14)9-11-6-7-13(9)4/h6-7,12H,5H2,1-4H3. The Hall–Kier alpha value is -1.16. The molecule has 1 N–H and O–H groups in total. The number of hydrogen-bond donors (Lipinski definition) is 1. The van der Waals surface area contributed by atoms with Crippen molar-refractivity contribution < 1.29 is 4.79 Å². The van der Waals surface area contributed by atoms with Gasteiger partial charge in [-0.05, 0) is 20.4 Å². The fourth-order valence-electron chi connectivity index (χ4n) is 1.39. The molecule has 0 saturated carbocycles. The van der Waals surface area contributed by atoms with E-state index in [0.717, 1.165) is 6.54 Å². The van der Waals surface area contributed by atoms with Gasteiger partial charge in [0.05, 0.1) is 5.54 Å². The summed E-state index contributed by atoms with van der Waals surface area (Å²) < 4.78 is 1.74. The van der Waals surface area contributed by atoms with Gasteiger partial charge >= 0.3 is 0 Å². The van der Waals surface area contributed by atoms with E-state index in [4.69, 9.17) is 0 Å². The second-order valence-corrected chi connectivity index (χ2v) is 3.85. The van der Waals surface area contributed by atoms with Crippen LogP contribution in [0.1, 0.15) is 31.4 Å². The smallest absolute Gasteiger partial charge is 0.217 e. The predicted molar refractivity (Wildman–Crippen MR) is 55.3 cm³/mol. The summed E-state index contributed by atoms with van der Waals surface area (Å²) in [5.74, 6) is 0.516. The Bertz CT molecular complexity index is 328. The number of aryl methyl sites for hydroxylation is 1. The quantitative estimate of drug-likeness (QED) is 0.729. The number of aromatic nitrogens is 2. The second-order valence-electron chi connectivity index (χ2n) is 3.85. The number of likely N-dealkylation sites (N-methyl/N-ethyl adjacent to an activating group) is 1. The van der Waals surface area contributed by atoms with E-state index in [1.165, 1.54) is 0 Å². The van der Waals surface area contributed by atoms with Gasteiger partial charge in [-0.15, -0.1) is 0 Å². The summed E-state index contributed by atoms with van der Waals surface area (Å²) in [5, 5.41) is 3.13. The van der Waals surface area contributed by atoms with E-state index in [2.05, 4.69) is 10.3 Å². The molecule has 0 aliphatic heterocycles. The van der Waals surface area contributed by atoms with Crippen LogP contribution in [0.5, 0.6) is 0 Å². The third-order valence-electron chi connectivity index (χ3n) is 2.21. The van der Waals surface area contributed by atoms with Gasteiger partial charge in [-0.25, -0.2) is 4.98 Å². The monoisotopic (exact) mass is 195 g/mol. The molecule has 0 radical (unpaired) electrons. The van der Waals surface area contributed by atoms with Crippen molar-refractivity contribution in [3.05, 3.63) is 18.2 Å². The van der Waals surface area contributed by atoms with Gasteiger partial charge in [0.2, 0.25) is 5.78 Å². The van der Waals surface area contributed by atoms with Gasteiger partial charge in [-0.2, -0.15) is 0 Å². The molecule has 0 aromatic carbocycles. The maximum absolute atomic E-state index is 12.0. The Labute approximate surface area is 84.3 Å². The highest BCUT2D eigenvalue weighted by Crippen LogP contribution is 2.10. The SMILES string of the molecule is CCNC(C)(C)C(=O)c1nccn1C. The average molecular weight is 195 g/mol. The molecule has 0 atom stereocenters. The molecule has 4 heteroatoms. The van der Waals surface area contributed by atoms with Gasteiger partial charge in [0, 0.05) is 19.4 Å². The number of carbonyl (C=O) groups excluding carboxylic acids is 1. The Morgan fingerprint density at radius 1 is 1.64 bits per heavy atom. The normalized spacial score (nSPS) is 11.7. The molecule has 0 fully saturated rings. The van der Waals surface area contributed by atoms with E-state index in [9.17, 15) is 4.79 Å². The van der Waals surface area contributed by atoms with E-state index in [0.29, 0.717) is 5.82 Å². The van der Waals surface area contributed by atoms with E-state index in [1.807, 2.05) is 27.8 Å². The number of nitrogens with zero attached hydrogens (tertiary/aromatic N) is 2. The molecule has 0 aliphatic carbocycles. The van der Waals surface area contributed by atoms with Gasteiger partial charge < -0.3 is 9.88 Å². The summed E-state index contributed by atoms with van der Waals surface area (Å²) in [6.45, 7) is 6.48. The maximum Gasteiger partial charge on any atom is 0.217 e. The lowest BCUT2D eigenvalue weighted by atomic mass is 9.98. The number of ketones is 1. The fraction of sp³-hybridized carbons (Fsp3) is 0.600. The summed E-state index contributed by atoms with van der Waals surface area (Å²) >= 11 is 0. The highest BCUT2D eigenvalue weighted by molar-refractivity contribution is 5.99. The summed E-state index contributed by atoms with van der Waals surface area (Å²) in [5.41, 5.74) is -0.548. The molecule has 0 unspecified atom stereocenters. The van der Waals surface area contributed by atoms with E-state index in [-0.39, 0.29) is 5.78 Å². The van der Waals surface area contributed by atoms with Crippen molar-refractivity contribution in [1.82, 2.24) is 14.9 Å². The van der Waals surface area contributed by atoms with Crippen molar-refractivity contribution in [2.24, 2.45) is 7.05 Å². The van der Waals surface area contributed by atoms with Crippen LogP contribution in [0.2, 0.25) is 0 Å². The first-order valence-corrected chi connectivity index (χ1v) is 4.76. The summed E-state index contributed by atoms with van der Waals surface area (Å²) in [4.78, 5) is 16.0. The largest absolute Gasteiger partial charge is 0.332 e. The van der Waals surface area contributed by atoms with Crippen LogP contribution < -0.4 is 5.32 Å². The molecule has 1 aromatic heterocycles. The van der Waals surface area contributed by atoms with Crippen molar-refractivity contribution in [2.75, 3.05) is 6.54 Å². The lowest BCUT2D eigenvalue weighted by Crippen LogP contribution is -2.47. The second kappa shape index (κ2) is 3.92. The molecule has 0 amide bonds. The van der Waals surface area contributed by atoms with E-state index in [1.54, 1.807) is 17.0 Å². The molecule has 1 rings (SSSR count). The number of carbonyl (C=O) groups is 1. The van der Waals surface area contributed by atoms with Gasteiger partial charge in [-0.1, -0.05) is 6.92 Å². The highest BCUT2D eigenvalue weighted by Gasteiger charge is 2.29. The summed E-state index contributed by atoms with van der Waals surface area (Å²) in [6, 6.07) is 0. The first-order valence-electron chi connectivity index (χ1n) is 4.76. The first-order chi connectivity index (χ1) is 6.49. The summed E-state index contributed by atoms with van der Waals surface area (Å²) in [6.07, 6.45) is 3.41. The van der Waals surface area contributed by atoms with Crippen LogP contribution >= 0.6 is 0 Å². The molecule has 0 bridgehead atoms. The lowest BCUT2D eigenvalue weighted by Gasteiger charge is -2.23. The third-order valence-corrected chi connectivity index (χ3v) is 2.21. The Morgan fingerprint density at radius 2 is 2.29 bits per heavy atom. The molecular formula is C10H17N3O. The van der Waals surface area contributed by atoms with Crippen LogP contribution in [0.25, 0.3) is 0 Å². The lowest BCUT2D eigenvalue weighted by molar-refractivity contribution is 0.0870. The fourth-order valence-corrected chi connectivity index (χ4v) is 1.39. The Balaban J connectivity index is 2.90. The van der Waals surface area contributed by atoms with Crippen LogP contribution in [0, 0.1) is 0 Å². The van der Waals surface area contributed by atoms with E-state index >= 15 is 0 Å². The molecule has 0 aliphatic rings. The molecular weight excluding hydrogens is 178 g/mol. The van der Waals surface area contributed by atoms with Gasteiger partial charge in [0.1, 0.15) is 0 Å². The summed E-state index contributed by atoms with van der Waals surface area (Å²) in [7, 11) is 1.82. The van der Waals surface area contributed by atoms with Gasteiger partial charge in [-0.3, -0.25) is 4.79 Å². The maximum atomic E-state index is 12.0. The minimum atomic E-state index is -0.548. The molecule has 0 saturated heterocycles. The number of hydrogen-bond acceptors (Lipinski definition) is 3. The Kier molecular flexibility index (Phi) is 3.06. The van der Waals surface area contributed by atoms with Crippen LogP contribution in [0.3, 0.4) is 0 Å². The van der Waals surface area contributed by atoms with Crippen LogP contribution in [-0.4, -0.2) is 27.4 Å². The molecule has 1 heterocycles. The van der Waals surface area contributed by atoms with E-state index < -0.39 is 5.54 Å². The molecule has 14 heavy (non-hydrogen) atoms. The number of Topliss-reactive ketones (excluding diaryl/α,β-unsaturated/α-hetero) is 1. The van der Waals surface area contributed by atoms with Crippen LogP contribution in [0.4, 0.5) is 0 Å². The van der Waals surface area contributed by atoms with Crippen molar-refractivity contribution in [3.8, 4) is 0 Å². The third kappa shape index (κ3) is 2.01. The Morgan fingerprint density at radius 3 is 2.71 bits per heavy atom. The number of nitrogens with one attached hydrogen (secondary N) is 1. The molecule has 4 nitrogen and oxygen atoms in total. The van der Waals surface area contributed by atoms with Crippen LogP contribution in [0.15, 0.2) is 12.4 Å². The zero-order valence-corrected chi connectivity index (χ0v) is 9.16. The zero-order chi connectivity index (χ0) is 10.8. The van der Waals surface area contributed by atoms with Crippen molar-refractivity contribution in [1.29, 1.82) is 0 Å². The number of imidazole rings is 1. The van der Waals surface area contributed by atoms with Crippen molar-refractivity contribution in [2.45, 2.75) is 26.3 Å². The average Bonchev–Trinajstić information content (AvgIpc) is 2.50. The van der Waals surface area contributed by atoms with Crippen molar-refractivity contribution >= 4 is 5.78 Å². The minimum absolute atomic E-state index is 0.0202. The van der Waals surface area contributed by atoms with Crippen LogP contribution in [-0.2, 0) is 7.05 Å². The zero-order valence-electron chi connectivity index (χ0n) is 9.16. The predicted octanol–water partition coefficient (Wildman–Crippen LogP) is 0.991. The van der Waals surface area contributed by atoms with Gasteiger partial charge in [0.15, 0.2) is 5.82 Å². The first kappa shape index (κ1) is 10.9. The van der Waals surface area contributed by atoms with Crippen molar-refractivity contribution in [3.63, 3.8) is 0 Å². The minimum Gasteiger partial charge on any atom is -0.332 e. The molecule has 0 spiro atoms.